The molecular formula is C13H17N3O5. The van der Waals surface area contributed by atoms with Gasteiger partial charge in [-0.2, -0.15) is 0 Å². The Kier molecular flexibility index (Phi) is 5.65. The SMILES string of the molecule is CCNC(=O)CN(CC)c1cccc(C(=O)O)c1[N+](=O)[O-]. The molecule has 0 aromatic heterocycles. The number of amides is 1. The zero-order valence-electron chi connectivity index (χ0n) is 11.8. The molecule has 0 heterocycles. The minimum Gasteiger partial charge on any atom is -0.477 e. The van der Waals surface area contributed by atoms with E-state index in [1.807, 2.05) is 0 Å². The van der Waals surface area contributed by atoms with Gasteiger partial charge in [-0.25, -0.2) is 4.79 Å². The van der Waals surface area contributed by atoms with E-state index in [9.17, 15) is 19.7 Å². The van der Waals surface area contributed by atoms with E-state index in [0.717, 1.165) is 0 Å². The van der Waals surface area contributed by atoms with E-state index in [2.05, 4.69) is 5.32 Å². The van der Waals surface area contributed by atoms with E-state index in [-0.39, 0.29) is 18.1 Å². The number of para-hydroxylation sites is 1. The average Bonchev–Trinajstić information content (AvgIpc) is 2.44. The highest BCUT2D eigenvalue weighted by atomic mass is 16.6. The number of anilines is 1. The number of rotatable bonds is 7. The topological polar surface area (TPSA) is 113 Å². The molecule has 0 atom stereocenters. The maximum Gasteiger partial charge on any atom is 0.342 e. The average molecular weight is 295 g/mol. The molecule has 0 spiro atoms. The predicted octanol–water partition coefficient (Wildman–Crippen LogP) is 1.26. The lowest BCUT2D eigenvalue weighted by Crippen LogP contribution is -2.37. The molecule has 0 aliphatic rings. The summed E-state index contributed by atoms with van der Waals surface area (Å²) in [4.78, 5) is 34.7. The van der Waals surface area contributed by atoms with Crippen LogP contribution < -0.4 is 10.2 Å². The standard InChI is InChI=1S/C13H17N3O5/c1-3-14-11(17)8-15(4-2)10-7-5-6-9(13(18)19)12(10)16(20)21/h5-7H,3-4,8H2,1-2H3,(H,14,17)(H,18,19). The first-order valence-electron chi connectivity index (χ1n) is 6.44. The zero-order chi connectivity index (χ0) is 16.0. The number of carbonyl (C=O) groups excluding carboxylic acids is 1. The van der Waals surface area contributed by atoms with E-state index >= 15 is 0 Å². The molecule has 0 aliphatic carbocycles. The molecule has 1 aromatic carbocycles. The molecule has 0 aliphatic heterocycles. The normalized spacial score (nSPS) is 10.0. The van der Waals surface area contributed by atoms with Gasteiger partial charge in [-0.05, 0) is 26.0 Å². The second-order valence-corrected chi connectivity index (χ2v) is 4.20. The third kappa shape index (κ3) is 3.91. The lowest BCUT2D eigenvalue weighted by Gasteiger charge is -2.22. The molecular weight excluding hydrogens is 278 g/mol. The van der Waals surface area contributed by atoms with Crippen molar-refractivity contribution in [3.63, 3.8) is 0 Å². The number of nitrogens with zero attached hydrogens (tertiary/aromatic N) is 2. The molecule has 0 saturated heterocycles. The van der Waals surface area contributed by atoms with Crippen molar-refractivity contribution in [1.29, 1.82) is 0 Å². The molecule has 21 heavy (non-hydrogen) atoms. The molecule has 8 nitrogen and oxygen atoms in total. The summed E-state index contributed by atoms with van der Waals surface area (Å²) in [5, 5.41) is 22.9. The molecule has 0 saturated carbocycles. The van der Waals surface area contributed by atoms with Gasteiger partial charge in [0.05, 0.1) is 11.5 Å². The fraction of sp³-hybridized carbons (Fsp3) is 0.385. The second kappa shape index (κ2) is 7.22. The maximum absolute atomic E-state index is 11.6. The summed E-state index contributed by atoms with van der Waals surface area (Å²) in [6.07, 6.45) is 0. The van der Waals surface area contributed by atoms with Crippen LogP contribution in [0.4, 0.5) is 11.4 Å². The van der Waals surface area contributed by atoms with Gasteiger partial charge in [-0.1, -0.05) is 6.07 Å². The molecule has 0 radical (unpaired) electrons. The number of nitrogens with one attached hydrogen (secondary N) is 1. The van der Waals surface area contributed by atoms with Crippen molar-refractivity contribution >= 4 is 23.3 Å². The van der Waals surface area contributed by atoms with Crippen LogP contribution in [0.1, 0.15) is 24.2 Å². The molecule has 1 rings (SSSR count). The first kappa shape index (κ1) is 16.4. The number of nitro groups is 1. The Balaban J connectivity index is 3.26. The van der Waals surface area contributed by atoms with Gasteiger partial charge in [0, 0.05) is 13.1 Å². The quantitative estimate of drug-likeness (QED) is 0.578. The highest BCUT2D eigenvalue weighted by Crippen LogP contribution is 2.31. The number of nitro benzene ring substituents is 1. The van der Waals surface area contributed by atoms with Gasteiger partial charge in [-0.15, -0.1) is 0 Å². The van der Waals surface area contributed by atoms with E-state index in [1.165, 1.54) is 23.1 Å². The first-order valence-corrected chi connectivity index (χ1v) is 6.44. The Hall–Kier alpha value is -2.64. The number of benzene rings is 1. The number of hydrogen-bond acceptors (Lipinski definition) is 5. The van der Waals surface area contributed by atoms with Crippen LogP contribution in [0.5, 0.6) is 0 Å². The summed E-state index contributed by atoms with van der Waals surface area (Å²) in [5.41, 5.74) is -0.781. The van der Waals surface area contributed by atoms with E-state index < -0.39 is 22.1 Å². The molecule has 0 bridgehead atoms. The van der Waals surface area contributed by atoms with Crippen LogP contribution in [0.15, 0.2) is 18.2 Å². The van der Waals surface area contributed by atoms with E-state index in [1.54, 1.807) is 13.8 Å². The van der Waals surface area contributed by atoms with E-state index in [4.69, 9.17) is 5.11 Å². The molecule has 0 unspecified atom stereocenters. The van der Waals surface area contributed by atoms with Gasteiger partial charge in [0.15, 0.2) is 0 Å². The number of carboxylic acid groups (broad SMARTS) is 1. The van der Waals surface area contributed by atoms with Gasteiger partial charge < -0.3 is 15.3 Å². The minimum absolute atomic E-state index is 0.0751. The number of carbonyl (C=O) groups is 2. The molecule has 1 amide bonds. The van der Waals surface area contributed by atoms with Crippen LogP contribution in [-0.4, -0.2) is 41.5 Å². The van der Waals surface area contributed by atoms with Gasteiger partial charge in [0.25, 0.3) is 0 Å². The summed E-state index contributed by atoms with van der Waals surface area (Å²) in [5.74, 6) is -1.66. The maximum atomic E-state index is 11.6. The van der Waals surface area contributed by atoms with Crippen LogP contribution in [0.2, 0.25) is 0 Å². The number of carboxylic acids is 1. The van der Waals surface area contributed by atoms with Crippen LogP contribution in [0.3, 0.4) is 0 Å². The van der Waals surface area contributed by atoms with Crippen LogP contribution in [0, 0.1) is 10.1 Å². The third-order valence-electron chi connectivity index (χ3n) is 2.86. The Bertz CT molecular complexity index is 559. The van der Waals surface area contributed by atoms with Gasteiger partial charge in [-0.3, -0.25) is 14.9 Å². The summed E-state index contributed by atoms with van der Waals surface area (Å²) >= 11 is 0. The second-order valence-electron chi connectivity index (χ2n) is 4.20. The minimum atomic E-state index is -1.38. The fourth-order valence-corrected chi connectivity index (χ4v) is 1.94. The summed E-state index contributed by atoms with van der Waals surface area (Å²) in [6.45, 7) is 4.21. The zero-order valence-corrected chi connectivity index (χ0v) is 11.8. The first-order chi connectivity index (χ1) is 9.92. The number of aromatic carboxylic acids is 1. The summed E-state index contributed by atoms with van der Waals surface area (Å²) in [6, 6.07) is 4.03. The smallest absolute Gasteiger partial charge is 0.342 e. The Morgan fingerprint density at radius 3 is 2.52 bits per heavy atom. The van der Waals surface area contributed by atoms with Crippen molar-refractivity contribution in [3.05, 3.63) is 33.9 Å². The molecule has 1 aromatic rings. The van der Waals surface area contributed by atoms with Crippen LogP contribution in [-0.2, 0) is 4.79 Å². The lowest BCUT2D eigenvalue weighted by molar-refractivity contribution is -0.384. The molecule has 2 N–H and O–H groups in total. The van der Waals surface area contributed by atoms with Crippen molar-refractivity contribution in [1.82, 2.24) is 5.32 Å². The molecule has 0 fully saturated rings. The number of likely N-dealkylation sites (N-methyl/N-ethyl adjacent to an activating group) is 2. The third-order valence-corrected chi connectivity index (χ3v) is 2.86. The molecule has 114 valence electrons. The van der Waals surface area contributed by atoms with Crippen molar-refractivity contribution in [2.45, 2.75) is 13.8 Å². The summed E-state index contributed by atoms with van der Waals surface area (Å²) in [7, 11) is 0. The Morgan fingerprint density at radius 1 is 1.38 bits per heavy atom. The van der Waals surface area contributed by atoms with Crippen molar-refractivity contribution < 1.29 is 19.6 Å². The van der Waals surface area contributed by atoms with Gasteiger partial charge in [0.1, 0.15) is 11.3 Å². The van der Waals surface area contributed by atoms with E-state index in [0.29, 0.717) is 13.1 Å². The number of hydrogen-bond donors (Lipinski definition) is 2. The predicted molar refractivity (Wildman–Crippen MR) is 76.6 cm³/mol. The van der Waals surface area contributed by atoms with Crippen molar-refractivity contribution in [2.75, 3.05) is 24.5 Å². The van der Waals surface area contributed by atoms with Gasteiger partial charge in [0.2, 0.25) is 5.91 Å². The molecule has 8 heteroatoms. The van der Waals surface area contributed by atoms with Crippen LogP contribution in [0.25, 0.3) is 0 Å². The van der Waals surface area contributed by atoms with Gasteiger partial charge >= 0.3 is 11.7 Å². The highest BCUT2D eigenvalue weighted by Gasteiger charge is 2.27. The van der Waals surface area contributed by atoms with Crippen LogP contribution >= 0.6 is 0 Å². The van der Waals surface area contributed by atoms with Crippen molar-refractivity contribution in [2.24, 2.45) is 0 Å². The lowest BCUT2D eigenvalue weighted by atomic mass is 10.1. The Morgan fingerprint density at radius 2 is 2.05 bits per heavy atom. The largest absolute Gasteiger partial charge is 0.477 e. The Labute approximate surface area is 121 Å². The highest BCUT2D eigenvalue weighted by molar-refractivity contribution is 5.96. The summed E-state index contributed by atoms with van der Waals surface area (Å²) < 4.78 is 0. The fourth-order valence-electron chi connectivity index (χ4n) is 1.94. The monoisotopic (exact) mass is 295 g/mol. The van der Waals surface area contributed by atoms with Crippen molar-refractivity contribution in [3.8, 4) is 0 Å².